The molecule has 0 bridgehead atoms. The van der Waals surface area contributed by atoms with Crippen molar-refractivity contribution in [1.82, 2.24) is 9.88 Å². The van der Waals surface area contributed by atoms with Crippen LogP contribution in [0.25, 0.3) is 0 Å². The zero-order valence-corrected chi connectivity index (χ0v) is 14.6. The largest absolute Gasteiger partial charge is 0.325 e. The normalized spacial score (nSPS) is 16.1. The van der Waals surface area contributed by atoms with Crippen LogP contribution in [0.2, 0.25) is 5.02 Å². The van der Waals surface area contributed by atoms with Crippen LogP contribution in [0.5, 0.6) is 0 Å². The van der Waals surface area contributed by atoms with E-state index >= 15 is 0 Å². The number of halogens is 1. The lowest BCUT2D eigenvalue weighted by atomic mass is 10.1. The predicted molar refractivity (Wildman–Crippen MR) is 96.3 cm³/mol. The van der Waals surface area contributed by atoms with E-state index in [2.05, 4.69) is 16.8 Å². The molecule has 1 fully saturated rings. The third kappa shape index (κ3) is 3.22. The Bertz CT molecular complexity index is 834. The molecule has 24 heavy (non-hydrogen) atoms. The smallest absolute Gasteiger partial charge is 0.320 e. The zero-order chi connectivity index (χ0) is 17.3. The van der Waals surface area contributed by atoms with E-state index in [4.69, 9.17) is 11.6 Å². The minimum absolute atomic E-state index is 0.0368. The number of aromatic nitrogens is 1. The molecule has 0 atom stereocenters. The van der Waals surface area contributed by atoms with E-state index in [-0.39, 0.29) is 11.6 Å². The van der Waals surface area contributed by atoms with Crippen molar-refractivity contribution in [3.63, 3.8) is 0 Å². The molecule has 0 saturated carbocycles. The highest BCUT2D eigenvalue weighted by Crippen LogP contribution is 2.27. The Hall–Kier alpha value is -2.51. The van der Waals surface area contributed by atoms with E-state index < -0.39 is 0 Å². The number of hydrogen-bond acceptors (Lipinski definition) is 2. The first-order valence-electron chi connectivity index (χ1n) is 7.66. The fourth-order valence-electron chi connectivity index (χ4n) is 2.51. The number of hydrogen-bond donors (Lipinski definition) is 0. The Morgan fingerprint density at radius 2 is 1.92 bits per heavy atom. The van der Waals surface area contributed by atoms with Gasteiger partial charge in [0.2, 0.25) is 0 Å². The minimum atomic E-state index is -0.205. The van der Waals surface area contributed by atoms with Crippen molar-refractivity contribution < 1.29 is 4.79 Å². The van der Waals surface area contributed by atoms with E-state index in [1.54, 1.807) is 16.0 Å². The lowest BCUT2D eigenvalue weighted by Gasteiger charge is -2.24. The highest BCUT2D eigenvalue weighted by molar-refractivity contribution is 6.30. The lowest BCUT2D eigenvalue weighted by Crippen LogP contribution is -2.38. The highest BCUT2D eigenvalue weighted by Gasteiger charge is 2.41. The van der Waals surface area contributed by atoms with E-state index in [0.29, 0.717) is 17.4 Å². The third-order valence-corrected chi connectivity index (χ3v) is 4.41. The van der Waals surface area contributed by atoms with Gasteiger partial charge >= 0.3 is 6.03 Å². The summed E-state index contributed by atoms with van der Waals surface area (Å²) in [5.41, 5.74) is 1.44. The number of pyridine rings is 1. The van der Waals surface area contributed by atoms with Gasteiger partial charge in [0.15, 0.2) is 0 Å². The van der Waals surface area contributed by atoms with Crippen molar-refractivity contribution in [3.8, 4) is 11.8 Å². The summed E-state index contributed by atoms with van der Waals surface area (Å²) in [5, 5.41) is 0.662. The molecule has 0 unspecified atom stereocenters. The first-order valence-corrected chi connectivity index (χ1v) is 8.04. The van der Waals surface area contributed by atoms with Crippen molar-refractivity contribution in [2.75, 3.05) is 18.5 Å². The number of urea groups is 1. The third-order valence-electron chi connectivity index (χ3n) is 4.17. The van der Waals surface area contributed by atoms with Crippen LogP contribution in [0.3, 0.4) is 0 Å². The average Bonchev–Trinajstić information content (AvgIpc) is 2.77. The standard InChI is InChI=1S/C19H18ClN3O/c1-19(2)13-23(18(24)22(19)3)17-10-9-15(12-21-17)8-7-14-5-4-6-16(20)11-14/h4-6,9-12H,13H2,1-3H3. The van der Waals surface area contributed by atoms with Gasteiger partial charge in [-0.25, -0.2) is 9.78 Å². The Morgan fingerprint density at radius 3 is 2.50 bits per heavy atom. The van der Waals surface area contributed by atoms with Crippen molar-refractivity contribution >= 4 is 23.4 Å². The molecule has 5 heteroatoms. The van der Waals surface area contributed by atoms with Crippen LogP contribution in [0, 0.1) is 11.8 Å². The van der Waals surface area contributed by atoms with E-state index in [1.807, 2.05) is 57.3 Å². The van der Waals surface area contributed by atoms with Gasteiger partial charge in [0.25, 0.3) is 0 Å². The number of benzene rings is 1. The first-order chi connectivity index (χ1) is 11.4. The molecule has 1 saturated heterocycles. The van der Waals surface area contributed by atoms with Gasteiger partial charge < -0.3 is 4.90 Å². The lowest BCUT2D eigenvalue weighted by molar-refractivity contribution is 0.198. The second-order valence-corrected chi connectivity index (χ2v) is 6.84. The van der Waals surface area contributed by atoms with Crippen LogP contribution >= 0.6 is 11.6 Å². The predicted octanol–water partition coefficient (Wildman–Crippen LogP) is 3.79. The van der Waals surface area contributed by atoms with Crippen LogP contribution in [0.4, 0.5) is 10.6 Å². The van der Waals surface area contributed by atoms with Gasteiger partial charge in [-0.15, -0.1) is 0 Å². The van der Waals surface area contributed by atoms with Crippen LogP contribution in [0.15, 0.2) is 42.6 Å². The molecule has 122 valence electrons. The Kier molecular flexibility index (Phi) is 4.21. The summed E-state index contributed by atoms with van der Waals surface area (Å²) >= 11 is 5.95. The fourth-order valence-corrected chi connectivity index (χ4v) is 2.70. The van der Waals surface area contributed by atoms with Crippen LogP contribution in [-0.2, 0) is 0 Å². The molecule has 1 aromatic carbocycles. The second-order valence-electron chi connectivity index (χ2n) is 6.41. The number of carbonyl (C=O) groups excluding carboxylic acids is 1. The topological polar surface area (TPSA) is 36.4 Å². The van der Waals surface area contributed by atoms with Gasteiger partial charge in [0, 0.05) is 29.4 Å². The molecule has 3 rings (SSSR count). The summed E-state index contributed by atoms with van der Waals surface area (Å²) in [5.74, 6) is 6.76. The molecule has 2 heterocycles. The number of amides is 2. The molecule has 4 nitrogen and oxygen atoms in total. The molecule has 1 aromatic heterocycles. The summed E-state index contributed by atoms with van der Waals surface area (Å²) in [6.07, 6.45) is 1.69. The maximum Gasteiger partial charge on any atom is 0.325 e. The Morgan fingerprint density at radius 1 is 1.17 bits per heavy atom. The van der Waals surface area contributed by atoms with Gasteiger partial charge in [-0.3, -0.25) is 4.90 Å². The summed E-state index contributed by atoms with van der Waals surface area (Å²) in [6, 6.07) is 11.1. The molecule has 0 N–H and O–H groups in total. The van der Waals surface area contributed by atoms with Gasteiger partial charge in [-0.1, -0.05) is 29.5 Å². The fraction of sp³-hybridized carbons (Fsp3) is 0.263. The summed E-state index contributed by atoms with van der Waals surface area (Å²) in [4.78, 5) is 20.1. The average molecular weight is 340 g/mol. The van der Waals surface area contributed by atoms with Crippen molar-refractivity contribution in [2.45, 2.75) is 19.4 Å². The molecular formula is C19H18ClN3O. The summed E-state index contributed by atoms with van der Waals surface area (Å²) in [7, 11) is 1.81. The SMILES string of the molecule is CN1C(=O)N(c2ccc(C#Cc3cccc(Cl)c3)cn2)CC1(C)C. The number of anilines is 1. The van der Waals surface area contributed by atoms with Gasteiger partial charge in [-0.2, -0.15) is 0 Å². The van der Waals surface area contributed by atoms with Crippen molar-refractivity contribution in [3.05, 3.63) is 58.7 Å². The number of rotatable bonds is 1. The molecule has 2 aromatic rings. The molecule has 2 amide bonds. The van der Waals surface area contributed by atoms with Gasteiger partial charge in [-0.05, 0) is 44.2 Å². The maximum absolute atomic E-state index is 12.3. The monoisotopic (exact) mass is 339 g/mol. The first kappa shape index (κ1) is 16.4. The summed E-state index contributed by atoms with van der Waals surface area (Å²) in [6.45, 7) is 4.69. The maximum atomic E-state index is 12.3. The number of nitrogens with zero attached hydrogens (tertiary/aromatic N) is 3. The van der Waals surface area contributed by atoms with E-state index in [0.717, 1.165) is 11.1 Å². The van der Waals surface area contributed by atoms with Crippen LogP contribution < -0.4 is 4.90 Å². The van der Waals surface area contributed by atoms with Crippen molar-refractivity contribution in [1.29, 1.82) is 0 Å². The molecular weight excluding hydrogens is 322 g/mol. The second kappa shape index (κ2) is 6.18. The van der Waals surface area contributed by atoms with E-state index in [9.17, 15) is 4.79 Å². The highest BCUT2D eigenvalue weighted by atomic mass is 35.5. The van der Waals surface area contributed by atoms with Gasteiger partial charge in [0.05, 0.1) is 12.1 Å². The molecule has 0 spiro atoms. The quantitative estimate of drug-likeness (QED) is 0.741. The van der Waals surface area contributed by atoms with Gasteiger partial charge in [0.1, 0.15) is 5.82 Å². The number of carbonyl (C=O) groups is 1. The molecule has 1 aliphatic rings. The van der Waals surface area contributed by atoms with Crippen molar-refractivity contribution in [2.24, 2.45) is 0 Å². The van der Waals surface area contributed by atoms with Crippen LogP contribution in [-0.4, -0.2) is 35.0 Å². The molecule has 0 radical (unpaired) electrons. The molecule has 1 aliphatic heterocycles. The van der Waals surface area contributed by atoms with E-state index in [1.165, 1.54) is 0 Å². The zero-order valence-electron chi connectivity index (χ0n) is 13.9. The Balaban J connectivity index is 1.79. The molecule has 0 aliphatic carbocycles. The minimum Gasteiger partial charge on any atom is -0.320 e. The Labute approximate surface area is 147 Å². The summed E-state index contributed by atoms with van der Waals surface area (Å²) < 4.78 is 0. The number of likely N-dealkylation sites (N-methyl/N-ethyl adjacent to an activating group) is 1. The van der Waals surface area contributed by atoms with Crippen LogP contribution in [0.1, 0.15) is 25.0 Å².